The monoisotopic (exact) mass is 283 g/mol. The van der Waals surface area contributed by atoms with E-state index in [9.17, 15) is 4.79 Å². The molecule has 0 amide bonds. The second kappa shape index (κ2) is 4.86. The van der Waals surface area contributed by atoms with Crippen molar-refractivity contribution in [2.45, 2.75) is 6.92 Å². The number of hydrogen-bond donors (Lipinski definition) is 2. The molecule has 1 aromatic carbocycles. The van der Waals surface area contributed by atoms with Crippen molar-refractivity contribution in [2.75, 3.05) is 5.32 Å². The normalized spacial score (nSPS) is 10.8. The number of anilines is 2. The van der Waals surface area contributed by atoms with Gasteiger partial charge < -0.3 is 10.4 Å². The molecule has 2 N–H and O–H groups in total. The Hall–Kier alpha value is -2.96. The van der Waals surface area contributed by atoms with Gasteiger partial charge in [0.05, 0.1) is 11.3 Å². The molecule has 0 aliphatic carbocycles. The van der Waals surface area contributed by atoms with E-state index in [1.807, 2.05) is 14.0 Å². The Balaban J connectivity index is 2.04. The van der Waals surface area contributed by atoms with Crippen LogP contribution in [0, 0.1) is 6.92 Å². The van der Waals surface area contributed by atoms with Crippen molar-refractivity contribution in [3.05, 3.63) is 41.9 Å². The van der Waals surface area contributed by atoms with Crippen molar-refractivity contribution in [3.8, 4) is 0 Å². The molecule has 7 heteroatoms. The summed E-state index contributed by atoms with van der Waals surface area (Å²) in [6, 6.07) is 6.53. The van der Waals surface area contributed by atoms with Crippen molar-refractivity contribution < 1.29 is 9.90 Å². The fourth-order valence-corrected chi connectivity index (χ4v) is 2.07. The van der Waals surface area contributed by atoms with E-state index < -0.39 is 5.97 Å². The third-order valence-corrected chi connectivity index (χ3v) is 3.27. The van der Waals surface area contributed by atoms with Crippen molar-refractivity contribution >= 4 is 28.5 Å². The lowest BCUT2D eigenvalue weighted by molar-refractivity contribution is 0.0697. The number of rotatable bonds is 3. The number of carbonyl (C=O) groups is 1. The van der Waals surface area contributed by atoms with Gasteiger partial charge in [-0.05, 0) is 25.1 Å². The maximum atomic E-state index is 11.0. The minimum atomic E-state index is -0.972. The van der Waals surface area contributed by atoms with Gasteiger partial charge in [0.25, 0.3) is 0 Å². The summed E-state index contributed by atoms with van der Waals surface area (Å²) in [6.07, 6.45) is 1.46. The second-order valence-corrected chi connectivity index (χ2v) is 4.64. The molecule has 3 aromatic rings. The molecular weight excluding hydrogens is 270 g/mol. The lowest BCUT2D eigenvalue weighted by Crippen LogP contribution is -1.99. The Labute approximate surface area is 120 Å². The summed E-state index contributed by atoms with van der Waals surface area (Å²) in [6.45, 7) is 1.93. The number of nitrogens with one attached hydrogen (secondary N) is 1. The third-order valence-electron chi connectivity index (χ3n) is 3.27. The van der Waals surface area contributed by atoms with Gasteiger partial charge in [0, 0.05) is 12.7 Å². The first-order valence-corrected chi connectivity index (χ1v) is 6.31. The summed E-state index contributed by atoms with van der Waals surface area (Å²) in [5, 5.41) is 16.5. The number of carboxylic acid groups (broad SMARTS) is 1. The van der Waals surface area contributed by atoms with E-state index in [1.165, 1.54) is 12.4 Å². The van der Waals surface area contributed by atoms with Crippen LogP contribution in [0.4, 0.5) is 11.5 Å². The first kappa shape index (κ1) is 13.0. The molecule has 106 valence electrons. The molecule has 3 rings (SSSR count). The number of aromatic carboxylic acids is 1. The standard InChI is InChI=1S/C14H13N5O2/c1-8-11-12(18-19(8)2)13(16-7-15-11)17-10-5-3-4-9(6-10)14(20)21/h3-7H,1-2H3,(H,20,21)(H,15,16,17). The maximum Gasteiger partial charge on any atom is 0.335 e. The highest BCUT2D eigenvalue weighted by atomic mass is 16.4. The lowest BCUT2D eigenvalue weighted by atomic mass is 10.2. The quantitative estimate of drug-likeness (QED) is 0.764. The fraction of sp³-hybridized carbons (Fsp3) is 0.143. The van der Waals surface area contributed by atoms with Crippen molar-refractivity contribution in [2.24, 2.45) is 7.05 Å². The van der Waals surface area contributed by atoms with Gasteiger partial charge in [0.2, 0.25) is 0 Å². The van der Waals surface area contributed by atoms with E-state index in [2.05, 4.69) is 20.4 Å². The summed E-state index contributed by atoms with van der Waals surface area (Å²) in [5.74, 6) is -0.425. The first-order valence-electron chi connectivity index (χ1n) is 6.31. The zero-order chi connectivity index (χ0) is 15.0. The molecule has 0 bridgehead atoms. The van der Waals surface area contributed by atoms with Gasteiger partial charge in [-0.25, -0.2) is 14.8 Å². The Morgan fingerprint density at radius 3 is 2.86 bits per heavy atom. The molecule has 2 aromatic heterocycles. The summed E-state index contributed by atoms with van der Waals surface area (Å²) in [7, 11) is 1.84. The molecule has 0 saturated heterocycles. The molecule has 0 fully saturated rings. The topological polar surface area (TPSA) is 92.9 Å². The Bertz CT molecular complexity index is 840. The van der Waals surface area contributed by atoms with E-state index in [1.54, 1.807) is 22.9 Å². The largest absolute Gasteiger partial charge is 0.478 e. The van der Waals surface area contributed by atoms with Gasteiger partial charge in [-0.2, -0.15) is 5.10 Å². The van der Waals surface area contributed by atoms with Gasteiger partial charge >= 0.3 is 5.97 Å². The molecule has 0 aliphatic rings. The molecule has 7 nitrogen and oxygen atoms in total. The average molecular weight is 283 g/mol. The molecular formula is C14H13N5O2. The van der Waals surface area contributed by atoms with E-state index in [0.717, 1.165) is 11.2 Å². The van der Waals surface area contributed by atoms with Crippen molar-refractivity contribution in [1.82, 2.24) is 19.7 Å². The number of aromatic nitrogens is 4. The zero-order valence-corrected chi connectivity index (χ0v) is 11.5. The van der Waals surface area contributed by atoms with Gasteiger partial charge in [-0.1, -0.05) is 6.07 Å². The van der Waals surface area contributed by atoms with E-state index in [4.69, 9.17) is 5.11 Å². The Kier molecular flexibility index (Phi) is 3.02. The third kappa shape index (κ3) is 2.29. The fourth-order valence-electron chi connectivity index (χ4n) is 2.07. The first-order chi connectivity index (χ1) is 10.1. The van der Waals surface area contributed by atoms with Crippen LogP contribution < -0.4 is 5.32 Å². The van der Waals surface area contributed by atoms with Crippen molar-refractivity contribution in [1.29, 1.82) is 0 Å². The van der Waals surface area contributed by atoms with Gasteiger partial charge in [0.1, 0.15) is 11.8 Å². The lowest BCUT2D eigenvalue weighted by Gasteiger charge is -2.06. The summed E-state index contributed by atoms with van der Waals surface area (Å²) in [5.41, 5.74) is 3.21. The van der Waals surface area contributed by atoms with Crippen LogP contribution in [0.1, 0.15) is 16.1 Å². The van der Waals surface area contributed by atoms with Crippen LogP contribution in [0.2, 0.25) is 0 Å². The highest BCUT2D eigenvalue weighted by Gasteiger charge is 2.12. The van der Waals surface area contributed by atoms with Crippen LogP contribution in [-0.4, -0.2) is 30.8 Å². The van der Waals surface area contributed by atoms with E-state index in [0.29, 0.717) is 17.0 Å². The smallest absolute Gasteiger partial charge is 0.335 e. The molecule has 0 spiro atoms. The summed E-state index contributed by atoms with van der Waals surface area (Å²) >= 11 is 0. The van der Waals surface area contributed by atoms with Crippen LogP contribution in [0.5, 0.6) is 0 Å². The molecule has 0 aliphatic heterocycles. The minimum absolute atomic E-state index is 0.211. The highest BCUT2D eigenvalue weighted by molar-refractivity contribution is 5.91. The van der Waals surface area contributed by atoms with E-state index in [-0.39, 0.29) is 5.56 Å². The molecule has 0 saturated carbocycles. The van der Waals surface area contributed by atoms with E-state index >= 15 is 0 Å². The van der Waals surface area contributed by atoms with Crippen LogP contribution in [0.15, 0.2) is 30.6 Å². The maximum absolute atomic E-state index is 11.0. The number of hydrogen-bond acceptors (Lipinski definition) is 5. The number of aryl methyl sites for hydroxylation is 2. The minimum Gasteiger partial charge on any atom is -0.478 e. The van der Waals surface area contributed by atoms with Crippen LogP contribution in [0.25, 0.3) is 11.0 Å². The average Bonchev–Trinajstić information content (AvgIpc) is 2.76. The molecule has 0 radical (unpaired) electrons. The molecule has 0 atom stereocenters. The highest BCUT2D eigenvalue weighted by Crippen LogP contribution is 2.23. The number of carboxylic acids is 1. The van der Waals surface area contributed by atoms with Crippen LogP contribution in [0.3, 0.4) is 0 Å². The van der Waals surface area contributed by atoms with Gasteiger partial charge in [0.15, 0.2) is 11.3 Å². The van der Waals surface area contributed by atoms with Gasteiger partial charge in [-0.15, -0.1) is 0 Å². The molecule has 2 heterocycles. The second-order valence-electron chi connectivity index (χ2n) is 4.64. The summed E-state index contributed by atoms with van der Waals surface area (Å²) in [4.78, 5) is 19.4. The zero-order valence-electron chi connectivity index (χ0n) is 11.5. The predicted molar refractivity (Wildman–Crippen MR) is 77.7 cm³/mol. The van der Waals surface area contributed by atoms with Gasteiger partial charge in [-0.3, -0.25) is 4.68 Å². The Morgan fingerprint density at radius 1 is 1.29 bits per heavy atom. The predicted octanol–water partition coefficient (Wildman–Crippen LogP) is 2.11. The SMILES string of the molecule is Cc1c2ncnc(Nc3cccc(C(=O)O)c3)c2nn1C. The molecule has 0 unspecified atom stereocenters. The Morgan fingerprint density at radius 2 is 2.10 bits per heavy atom. The number of fused-ring (bicyclic) bond motifs is 1. The van der Waals surface area contributed by atoms with Crippen LogP contribution >= 0.6 is 0 Å². The van der Waals surface area contributed by atoms with Crippen LogP contribution in [-0.2, 0) is 7.05 Å². The summed E-state index contributed by atoms with van der Waals surface area (Å²) < 4.78 is 1.73. The molecule has 21 heavy (non-hydrogen) atoms. The number of benzene rings is 1. The number of nitrogens with zero attached hydrogens (tertiary/aromatic N) is 4. The van der Waals surface area contributed by atoms with Crippen molar-refractivity contribution in [3.63, 3.8) is 0 Å².